The van der Waals surface area contributed by atoms with Gasteiger partial charge >= 0.3 is 0 Å². The first-order chi connectivity index (χ1) is 11.2. The Morgan fingerprint density at radius 3 is 2.96 bits per heavy atom. The Bertz CT molecular complexity index is 677. The van der Waals surface area contributed by atoms with E-state index in [4.69, 9.17) is 5.73 Å². The van der Waals surface area contributed by atoms with Crippen molar-refractivity contribution in [2.75, 3.05) is 18.8 Å². The molecule has 0 spiro atoms. The fraction of sp³-hybridized carbons (Fsp3) is 0.333. The highest BCUT2D eigenvalue weighted by atomic mass is 16.2. The molecule has 1 amide bonds. The van der Waals surface area contributed by atoms with Crippen LogP contribution < -0.4 is 5.73 Å². The second-order valence-electron chi connectivity index (χ2n) is 5.92. The fourth-order valence-corrected chi connectivity index (χ4v) is 3.00. The van der Waals surface area contributed by atoms with E-state index in [0.29, 0.717) is 12.1 Å². The number of nitrogens with one attached hydrogen (secondary N) is 1. The second-order valence-corrected chi connectivity index (χ2v) is 5.92. The summed E-state index contributed by atoms with van der Waals surface area (Å²) < 4.78 is 0. The van der Waals surface area contributed by atoms with Crippen molar-refractivity contribution in [1.82, 2.24) is 15.1 Å². The van der Waals surface area contributed by atoms with Gasteiger partial charge in [0.1, 0.15) is 0 Å². The van der Waals surface area contributed by atoms with Crippen LogP contribution in [0.25, 0.3) is 6.08 Å². The minimum absolute atomic E-state index is 0.211. The number of carbonyl (C=O) groups excluding carboxylic acids is 1. The number of hydrogen-bond acceptors (Lipinski definition) is 3. The number of aromatic nitrogens is 2. The lowest BCUT2D eigenvalue weighted by Gasteiger charge is -2.16. The largest absolute Gasteiger partial charge is 0.396 e. The number of benzene rings is 1. The van der Waals surface area contributed by atoms with Crippen molar-refractivity contribution in [3.63, 3.8) is 0 Å². The van der Waals surface area contributed by atoms with Gasteiger partial charge in [0, 0.05) is 25.4 Å². The molecule has 0 radical (unpaired) electrons. The van der Waals surface area contributed by atoms with Gasteiger partial charge in [0.2, 0.25) is 5.91 Å². The lowest BCUT2D eigenvalue weighted by Crippen LogP contribution is -2.28. The van der Waals surface area contributed by atoms with E-state index >= 15 is 0 Å². The first kappa shape index (κ1) is 15.3. The average molecular weight is 310 g/mol. The number of H-pyrrole nitrogens is 1. The molecular formula is C18H22N4O. The lowest BCUT2D eigenvalue weighted by molar-refractivity contribution is -0.130. The van der Waals surface area contributed by atoms with Crippen LogP contribution in [0.5, 0.6) is 0 Å². The van der Waals surface area contributed by atoms with E-state index in [0.717, 1.165) is 37.2 Å². The summed E-state index contributed by atoms with van der Waals surface area (Å²) in [4.78, 5) is 14.2. The van der Waals surface area contributed by atoms with E-state index in [1.165, 1.54) is 0 Å². The molecular weight excluding hydrogens is 288 g/mol. The number of allylic oxidation sites excluding steroid dienone is 1. The minimum atomic E-state index is 0.211. The van der Waals surface area contributed by atoms with E-state index in [1.54, 1.807) is 6.20 Å². The van der Waals surface area contributed by atoms with Gasteiger partial charge in [-0.1, -0.05) is 42.5 Å². The molecule has 2 heterocycles. The Balaban J connectivity index is 1.46. The SMILES string of the molecule is Nc1cn[nH]c1C1CCN(C(=O)CC/C=C/c2ccccc2)C1. The Kier molecular flexibility index (Phi) is 4.76. The summed E-state index contributed by atoms with van der Waals surface area (Å²) >= 11 is 0. The van der Waals surface area contributed by atoms with E-state index < -0.39 is 0 Å². The highest BCUT2D eigenvalue weighted by molar-refractivity contribution is 5.77. The number of likely N-dealkylation sites (tertiary alicyclic amines) is 1. The number of hydrogen-bond donors (Lipinski definition) is 2. The number of nitrogens with zero attached hydrogens (tertiary/aromatic N) is 2. The highest BCUT2D eigenvalue weighted by Gasteiger charge is 2.28. The van der Waals surface area contributed by atoms with E-state index in [9.17, 15) is 4.79 Å². The highest BCUT2D eigenvalue weighted by Crippen LogP contribution is 2.29. The molecule has 1 aromatic carbocycles. The molecule has 1 aliphatic rings. The van der Waals surface area contributed by atoms with Crippen molar-refractivity contribution >= 4 is 17.7 Å². The topological polar surface area (TPSA) is 75.0 Å². The monoisotopic (exact) mass is 310 g/mol. The van der Waals surface area contributed by atoms with E-state index in [2.05, 4.69) is 34.5 Å². The predicted molar refractivity (Wildman–Crippen MR) is 91.6 cm³/mol. The lowest BCUT2D eigenvalue weighted by atomic mass is 10.0. The summed E-state index contributed by atoms with van der Waals surface area (Å²) in [6.45, 7) is 1.53. The molecule has 0 aliphatic carbocycles. The summed E-state index contributed by atoms with van der Waals surface area (Å²) in [5, 5.41) is 6.92. The molecule has 0 saturated carbocycles. The zero-order valence-electron chi connectivity index (χ0n) is 13.1. The van der Waals surface area contributed by atoms with Crippen LogP contribution in [0.15, 0.2) is 42.6 Å². The molecule has 1 fully saturated rings. The molecule has 1 saturated heterocycles. The first-order valence-corrected chi connectivity index (χ1v) is 8.02. The maximum absolute atomic E-state index is 12.3. The number of aromatic amines is 1. The molecule has 1 unspecified atom stereocenters. The van der Waals surface area contributed by atoms with Crippen LogP contribution in [-0.4, -0.2) is 34.1 Å². The van der Waals surface area contributed by atoms with Crippen LogP contribution in [0.3, 0.4) is 0 Å². The van der Waals surface area contributed by atoms with Gasteiger partial charge in [-0.15, -0.1) is 0 Å². The van der Waals surface area contributed by atoms with Gasteiger partial charge in [-0.3, -0.25) is 9.89 Å². The van der Waals surface area contributed by atoms with Crippen molar-refractivity contribution in [1.29, 1.82) is 0 Å². The molecule has 5 nitrogen and oxygen atoms in total. The third-order valence-corrected chi connectivity index (χ3v) is 4.28. The third-order valence-electron chi connectivity index (χ3n) is 4.28. The molecule has 23 heavy (non-hydrogen) atoms. The summed E-state index contributed by atoms with van der Waals surface area (Å²) in [5.74, 6) is 0.490. The number of rotatable bonds is 5. The zero-order valence-corrected chi connectivity index (χ0v) is 13.1. The molecule has 0 bridgehead atoms. The molecule has 3 rings (SSSR count). The second kappa shape index (κ2) is 7.13. The quantitative estimate of drug-likeness (QED) is 0.891. The van der Waals surface area contributed by atoms with Crippen LogP contribution in [-0.2, 0) is 4.79 Å². The van der Waals surface area contributed by atoms with Gasteiger partial charge in [-0.2, -0.15) is 5.10 Å². The Morgan fingerprint density at radius 1 is 1.39 bits per heavy atom. The predicted octanol–water partition coefficient (Wildman–Crippen LogP) is 2.80. The number of amides is 1. The number of nitrogens with two attached hydrogens (primary N) is 1. The van der Waals surface area contributed by atoms with Gasteiger partial charge in [0.25, 0.3) is 0 Å². The maximum Gasteiger partial charge on any atom is 0.222 e. The zero-order chi connectivity index (χ0) is 16.1. The molecule has 3 N–H and O–H groups in total. The summed E-state index contributed by atoms with van der Waals surface area (Å²) in [7, 11) is 0. The Hall–Kier alpha value is -2.56. The van der Waals surface area contributed by atoms with E-state index in [1.807, 2.05) is 23.1 Å². The Labute approximate surface area is 136 Å². The van der Waals surface area contributed by atoms with E-state index in [-0.39, 0.29) is 11.8 Å². The van der Waals surface area contributed by atoms with Gasteiger partial charge < -0.3 is 10.6 Å². The number of nitrogen functional groups attached to an aromatic ring is 1. The smallest absolute Gasteiger partial charge is 0.222 e. The van der Waals surface area contributed by atoms with Crippen molar-refractivity contribution in [2.24, 2.45) is 0 Å². The molecule has 5 heteroatoms. The third kappa shape index (κ3) is 3.80. The average Bonchev–Trinajstić information content (AvgIpc) is 3.21. The number of anilines is 1. The normalized spacial score (nSPS) is 17.9. The van der Waals surface area contributed by atoms with Crippen molar-refractivity contribution < 1.29 is 4.79 Å². The summed E-state index contributed by atoms with van der Waals surface area (Å²) in [6.07, 6.45) is 8.01. The van der Waals surface area contributed by atoms with Crippen LogP contribution in [0.2, 0.25) is 0 Å². The van der Waals surface area contributed by atoms with Gasteiger partial charge in [-0.05, 0) is 18.4 Å². The van der Waals surface area contributed by atoms with Crippen LogP contribution in [0.4, 0.5) is 5.69 Å². The summed E-state index contributed by atoms with van der Waals surface area (Å²) in [5.41, 5.74) is 8.70. The Morgan fingerprint density at radius 2 is 2.22 bits per heavy atom. The van der Waals surface area contributed by atoms with Crippen molar-refractivity contribution in [2.45, 2.75) is 25.2 Å². The van der Waals surface area contributed by atoms with Gasteiger partial charge in [-0.25, -0.2) is 0 Å². The van der Waals surface area contributed by atoms with Crippen molar-refractivity contribution in [3.05, 3.63) is 53.9 Å². The molecule has 1 aliphatic heterocycles. The maximum atomic E-state index is 12.3. The van der Waals surface area contributed by atoms with Gasteiger partial charge in [0.15, 0.2) is 0 Å². The minimum Gasteiger partial charge on any atom is -0.396 e. The fourth-order valence-electron chi connectivity index (χ4n) is 3.00. The van der Waals surface area contributed by atoms with Crippen LogP contribution >= 0.6 is 0 Å². The molecule has 2 aromatic rings. The van der Waals surface area contributed by atoms with Gasteiger partial charge in [0.05, 0.1) is 17.6 Å². The molecule has 120 valence electrons. The number of carbonyl (C=O) groups is 1. The molecule has 1 atom stereocenters. The van der Waals surface area contributed by atoms with Crippen LogP contribution in [0, 0.1) is 0 Å². The molecule has 1 aromatic heterocycles. The van der Waals surface area contributed by atoms with Crippen molar-refractivity contribution in [3.8, 4) is 0 Å². The van der Waals surface area contributed by atoms with Crippen LogP contribution in [0.1, 0.15) is 36.4 Å². The summed E-state index contributed by atoms with van der Waals surface area (Å²) in [6, 6.07) is 10.1. The first-order valence-electron chi connectivity index (χ1n) is 8.02. The standard InChI is InChI=1S/C18H22N4O/c19-16-12-20-21-18(16)15-10-11-22(13-15)17(23)9-5-4-8-14-6-2-1-3-7-14/h1-4,6-8,12,15H,5,9-11,13,19H2,(H,20,21)/b8-4+.